The van der Waals surface area contributed by atoms with Crippen LogP contribution in [0.1, 0.15) is 18.4 Å². The molecule has 9 heteroatoms. The molecule has 172 valence electrons. The van der Waals surface area contributed by atoms with Gasteiger partial charge in [0.15, 0.2) is 5.75 Å². The Labute approximate surface area is 196 Å². The van der Waals surface area contributed by atoms with E-state index in [1.165, 1.54) is 11.3 Å². The lowest BCUT2D eigenvalue weighted by Gasteiger charge is -2.23. The quantitative estimate of drug-likeness (QED) is 0.414. The van der Waals surface area contributed by atoms with Gasteiger partial charge in [-0.1, -0.05) is 42.5 Å². The second-order valence-corrected chi connectivity index (χ2v) is 8.69. The number of para-hydroxylation sites is 1. The number of benzene rings is 2. The highest BCUT2D eigenvalue weighted by atomic mass is 32.1. The minimum absolute atomic E-state index is 0.00372. The highest BCUT2D eigenvalue weighted by molar-refractivity contribution is 7.20. The first-order chi connectivity index (χ1) is 16.1. The highest BCUT2D eigenvalue weighted by Gasteiger charge is 2.21. The molecule has 0 bridgehead atoms. The van der Waals surface area contributed by atoms with Gasteiger partial charge in [-0.05, 0) is 37.1 Å². The number of nitrogens with one attached hydrogen (secondary N) is 3. The molecule has 0 radical (unpaired) electrons. The van der Waals surface area contributed by atoms with Crippen LogP contribution >= 0.6 is 11.3 Å². The number of hydrogen-bond donors (Lipinski definition) is 4. The van der Waals surface area contributed by atoms with E-state index in [2.05, 4.69) is 16.0 Å². The summed E-state index contributed by atoms with van der Waals surface area (Å²) in [6.07, 6.45) is 1.30. The van der Waals surface area contributed by atoms with E-state index in [4.69, 9.17) is 15.2 Å². The van der Waals surface area contributed by atoms with Crippen LogP contribution in [0.2, 0.25) is 0 Å². The SMILES string of the molecule is NC(=O)Nc1sc(-c2ccccc2OCc2ccccc2)cc1OC(=O)N[C@H]1CCCNC1. The number of hydrogen-bond acceptors (Lipinski definition) is 6. The molecule has 1 aliphatic rings. The maximum Gasteiger partial charge on any atom is 0.412 e. The van der Waals surface area contributed by atoms with E-state index >= 15 is 0 Å². The van der Waals surface area contributed by atoms with Crippen LogP contribution in [0.4, 0.5) is 14.6 Å². The van der Waals surface area contributed by atoms with Crippen molar-refractivity contribution in [1.29, 1.82) is 0 Å². The number of thiophene rings is 1. The van der Waals surface area contributed by atoms with E-state index in [-0.39, 0.29) is 11.8 Å². The van der Waals surface area contributed by atoms with Gasteiger partial charge in [-0.25, -0.2) is 9.59 Å². The maximum atomic E-state index is 12.5. The van der Waals surface area contributed by atoms with E-state index in [0.29, 0.717) is 23.9 Å². The van der Waals surface area contributed by atoms with Crippen LogP contribution < -0.4 is 31.2 Å². The molecule has 1 aromatic heterocycles. The standard InChI is InChI=1S/C24H26N4O4S/c25-23(29)28-22-20(32-24(30)27-17-9-6-12-26-14-17)13-21(33-22)18-10-4-5-11-19(18)31-15-16-7-2-1-3-8-16/h1-5,7-8,10-11,13,17,26H,6,9,12,14-15H2,(H,27,30)(H3,25,28,29)/t17-/m0/s1. The third-order valence-corrected chi connectivity index (χ3v) is 6.21. The summed E-state index contributed by atoms with van der Waals surface area (Å²) < 4.78 is 11.6. The van der Waals surface area contributed by atoms with Crippen LogP contribution in [-0.4, -0.2) is 31.3 Å². The second kappa shape index (κ2) is 10.8. The zero-order valence-electron chi connectivity index (χ0n) is 18.0. The molecule has 2 aromatic carbocycles. The number of carbonyl (C=O) groups is 2. The molecule has 3 aromatic rings. The first kappa shape index (κ1) is 22.6. The van der Waals surface area contributed by atoms with Crippen LogP contribution in [0.5, 0.6) is 11.5 Å². The number of anilines is 1. The number of rotatable bonds is 7. The molecule has 0 unspecified atom stereocenters. The van der Waals surface area contributed by atoms with E-state index in [1.807, 2.05) is 54.6 Å². The topological polar surface area (TPSA) is 115 Å². The number of carbonyl (C=O) groups excluding carboxylic acids is 2. The van der Waals surface area contributed by atoms with Gasteiger partial charge >= 0.3 is 12.1 Å². The van der Waals surface area contributed by atoms with Crippen molar-refractivity contribution in [1.82, 2.24) is 10.6 Å². The summed E-state index contributed by atoms with van der Waals surface area (Å²) in [6, 6.07) is 18.4. The molecule has 1 atom stereocenters. The van der Waals surface area contributed by atoms with Crippen molar-refractivity contribution >= 4 is 28.5 Å². The number of nitrogens with two attached hydrogens (primary N) is 1. The van der Waals surface area contributed by atoms with Gasteiger partial charge in [0.2, 0.25) is 0 Å². The number of urea groups is 1. The van der Waals surface area contributed by atoms with Crippen molar-refractivity contribution in [3.63, 3.8) is 0 Å². The summed E-state index contributed by atoms with van der Waals surface area (Å²) in [5, 5.41) is 9.00. The van der Waals surface area contributed by atoms with Gasteiger partial charge in [0, 0.05) is 29.1 Å². The third-order valence-electron chi connectivity index (χ3n) is 5.15. The normalized spacial score (nSPS) is 15.5. The summed E-state index contributed by atoms with van der Waals surface area (Å²) >= 11 is 1.26. The summed E-state index contributed by atoms with van der Waals surface area (Å²) in [6.45, 7) is 2.05. The van der Waals surface area contributed by atoms with Crippen LogP contribution in [0, 0.1) is 0 Å². The second-order valence-electron chi connectivity index (χ2n) is 7.64. The molecular weight excluding hydrogens is 440 g/mol. The summed E-state index contributed by atoms with van der Waals surface area (Å²) in [7, 11) is 0. The molecule has 33 heavy (non-hydrogen) atoms. The van der Waals surface area contributed by atoms with Crippen molar-refractivity contribution in [2.24, 2.45) is 5.73 Å². The Balaban J connectivity index is 1.53. The lowest BCUT2D eigenvalue weighted by atomic mass is 10.1. The van der Waals surface area contributed by atoms with Gasteiger partial charge in [0.1, 0.15) is 17.4 Å². The van der Waals surface area contributed by atoms with Gasteiger partial charge in [0.05, 0.1) is 0 Å². The molecule has 8 nitrogen and oxygen atoms in total. The molecule has 1 aliphatic heterocycles. The lowest BCUT2D eigenvalue weighted by molar-refractivity contribution is 0.193. The number of piperidine rings is 1. The van der Waals surface area contributed by atoms with E-state index in [1.54, 1.807) is 6.07 Å². The smallest absolute Gasteiger partial charge is 0.412 e. The monoisotopic (exact) mass is 466 g/mol. The first-order valence-electron chi connectivity index (χ1n) is 10.7. The van der Waals surface area contributed by atoms with Gasteiger partial charge in [-0.2, -0.15) is 0 Å². The number of primary amides is 1. The number of ether oxygens (including phenoxy) is 2. The van der Waals surface area contributed by atoms with Gasteiger partial charge < -0.3 is 25.8 Å². The number of amides is 3. The maximum absolute atomic E-state index is 12.5. The van der Waals surface area contributed by atoms with Gasteiger partial charge in [-0.15, -0.1) is 11.3 Å². The van der Waals surface area contributed by atoms with Crippen molar-refractivity contribution in [3.8, 4) is 21.9 Å². The largest absolute Gasteiger partial charge is 0.488 e. The molecule has 5 N–H and O–H groups in total. The van der Waals surface area contributed by atoms with E-state index < -0.39 is 12.1 Å². The zero-order chi connectivity index (χ0) is 23.0. The Morgan fingerprint density at radius 2 is 1.88 bits per heavy atom. The third kappa shape index (κ3) is 6.24. The van der Waals surface area contributed by atoms with Crippen LogP contribution in [0.25, 0.3) is 10.4 Å². The fraction of sp³-hybridized carbons (Fsp3) is 0.250. The molecule has 1 saturated heterocycles. The van der Waals surface area contributed by atoms with Gasteiger partial charge in [0.25, 0.3) is 0 Å². The van der Waals surface area contributed by atoms with Crippen LogP contribution in [0.15, 0.2) is 60.7 Å². The Morgan fingerprint density at radius 3 is 2.64 bits per heavy atom. The van der Waals surface area contributed by atoms with Crippen molar-refractivity contribution in [2.75, 3.05) is 18.4 Å². The molecule has 0 spiro atoms. The Kier molecular flexibility index (Phi) is 7.43. The molecular formula is C24H26N4O4S. The fourth-order valence-corrected chi connectivity index (χ4v) is 4.60. The molecule has 1 fully saturated rings. The minimum Gasteiger partial charge on any atom is -0.488 e. The van der Waals surface area contributed by atoms with Crippen molar-refractivity contribution in [2.45, 2.75) is 25.5 Å². The van der Waals surface area contributed by atoms with Crippen molar-refractivity contribution < 1.29 is 19.1 Å². The predicted octanol–water partition coefficient (Wildman–Crippen LogP) is 4.33. The summed E-state index contributed by atoms with van der Waals surface area (Å²) in [5.41, 5.74) is 7.20. The minimum atomic E-state index is -0.737. The average molecular weight is 467 g/mol. The summed E-state index contributed by atoms with van der Waals surface area (Å²) in [5.74, 6) is 0.908. The zero-order valence-corrected chi connectivity index (χ0v) is 18.8. The molecule has 0 aliphatic carbocycles. The fourth-order valence-electron chi connectivity index (χ4n) is 3.58. The Bertz CT molecular complexity index is 1100. The lowest BCUT2D eigenvalue weighted by Crippen LogP contribution is -2.46. The van der Waals surface area contributed by atoms with E-state index in [9.17, 15) is 9.59 Å². The van der Waals surface area contributed by atoms with Crippen LogP contribution in [-0.2, 0) is 6.61 Å². The highest BCUT2D eigenvalue weighted by Crippen LogP contribution is 2.43. The first-order valence-corrected chi connectivity index (χ1v) is 11.6. The molecule has 4 rings (SSSR count). The predicted molar refractivity (Wildman–Crippen MR) is 129 cm³/mol. The summed E-state index contributed by atoms with van der Waals surface area (Å²) in [4.78, 5) is 24.8. The molecule has 0 saturated carbocycles. The van der Waals surface area contributed by atoms with E-state index in [0.717, 1.165) is 35.4 Å². The van der Waals surface area contributed by atoms with Crippen molar-refractivity contribution in [3.05, 3.63) is 66.2 Å². The van der Waals surface area contributed by atoms with Gasteiger partial charge in [-0.3, -0.25) is 5.32 Å². The Morgan fingerprint density at radius 1 is 1.09 bits per heavy atom. The Hall–Kier alpha value is -3.56. The molecule has 2 heterocycles. The average Bonchev–Trinajstić information content (AvgIpc) is 3.20. The molecule has 3 amide bonds. The van der Waals surface area contributed by atoms with Crippen LogP contribution in [0.3, 0.4) is 0 Å².